The molecule has 12 atom stereocenters. The molecule has 9 N–H and O–H groups in total. The van der Waals surface area contributed by atoms with Crippen LogP contribution in [0.15, 0.2) is 12.2 Å². The van der Waals surface area contributed by atoms with Crippen molar-refractivity contribution >= 4 is 5.91 Å². The van der Waals surface area contributed by atoms with Crippen molar-refractivity contribution < 1.29 is 64.6 Å². The SMILES string of the molecule is CCCCCCCCCCCCCCCCCCCCCC/C=C/C(O)C(COC1OC(CO)C(OC2OC(CO)C(O)C(O)C2O)C(O)C1O)NC(=O)CCCCCCCCCCCCCCCCCCCCCCCCCCCCCCCC. The van der Waals surface area contributed by atoms with Gasteiger partial charge in [-0.05, 0) is 19.3 Å². The quantitative estimate of drug-likeness (QED) is 0.0204. The Bertz CT molecular complexity index is 1490. The predicted octanol–water partition coefficient (Wildman–Crippen LogP) is 15.4. The van der Waals surface area contributed by atoms with Gasteiger partial charge in [0, 0.05) is 6.42 Å². The van der Waals surface area contributed by atoms with E-state index in [1.807, 2.05) is 6.08 Å². The monoisotopic (exact) mass is 1230 g/mol. The summed E-state index contributed by atoms with van der Waals surface area (Å²) < 4.78 is 22.9. The minimum absolute atomic E-state index is 0.230. The number of aliphatic hydroxyl groups is 8. The summed E-state index contributed by atoms with van der Waals surface area (Å²) in [4.78, 5) is 13.3. The molecule has 0 aromatic heterocycles. The normalized spacial score (nSPS) is 23.4. The van der Waals surface area contributed by atoms with Crippen LogP contribution >= 0.6 is 0 Å². The number of hydrogen-bond acceptors (Lipinski definition) is 13. The number of unbranched alkanes of at least 4 members (excludes halogenated alkanes) is 49. The molecule has 0 radical (unpaired) electrons. The standard InChI is InChI=1S/C72H139NO13/c1-3-5-7-9-11-13-15-17-19-21-23-25-27-28-29-30-31-32-33-34-36-38-40-42-44-46-48-50-52-54-56-64(77)73-60(59-83-71-69(82)67(80)70(63(58-75)85-71)86-72-68(81)66(79)65(78)62(57-74)84-72)61(76)55-53-51-49-47-45-43-41-39-37-35-26-24-22-20-18-16-14-12-10-8-6-4-2/h53,55,60-63,65-72,74-76,78-82H,3-52,54,56-59H2,1-2H3,(H,73,77)/b55-53+. The highest BCUT2D eigenvalue weighted by atomic mass is 16.7. The van der Waals surface area contributed by atoms with E-state index in [-0.39, 0.29) is 18.9 Å². The zero-order valence-corrected chi connectivity index (χ0v) is 55.6. The summed E-state index contributed by atoms with van der Waals surface area (Å²) in [6.45, 7) is 2.87. The predicted molar refractivity (Wildman–Crippen MR) is 351 cm³/mol. The Balaban J connectivity index is 1.64. The third-order valence-electron chi connectivity index (χ3n) is 18.5. The van der Waals surface area contributed by atoms with Crippen LogP contribution in [0.25, 0.3) is 0 Å². The van der Waals surface area contributed by atoms with Crippen molar-refractivity contribution in [3.63, 3.8) is 0 Å². The van der Waals surface area contributed by atoms with Gasteiger partial charge >= 0.3 is 0 Å². The highest BCUT2D eigenvalue weighted by Crippen LogP contribution is 2.30. The summed E-state index contributed by atoms with van der Waals surface area (Å²) >= 11 is 0. The van der Waals surface area contributed by atoms with E-state index in [1.165, 1.54) is 283 Å². The molecule has 2 aliphatic heterocycles. The number of hydrogen-bond donors (Lipinski definition) is 9. The molecule has 0 aliphatic carbocycles. The molecular weight excluding hydrogens is 1090 g/mol. The number of rotatable bonds is 62. The maximum atomic E-state index is 13.3. The third kappa shape index (κ3) is 41.3. The lowest BCUT2D eigenvalue weighted by molar-refractivity contribution is -0.359. The van der Waals surface area contributed by atoms with Crippen LogP contribution < -0.4 is 5.32 Å². The Morgan fingerprint density at radius 2 is 0.721 bits per heavy atom. The molecule has 86 heavy (non-hydrogen) atoms. The summed E-state index contributed by atoms with van der Waals surface area (Å²) in [6.07, 6.45) is 54.2. The fourth-order valence-electron chi connectivity index (χ4n) is 12.6. The van der Waals surface area contributed by atoms with Crippen molar-refractivity contribution in [2.45, 2.75) is 421 Å². The van der Waals surface area contributed by atoms with Crippen LogP contribution in [-0.2, 0) is 23.7 Å². The van der Waals surface area contributed by atoms with Gasteiger partial charge in [-0.25, -0.2) is 0 Å². The van der Waals surface area contributed by atoms with Crippen molar-refractivity contribution in [3.05, 3.63) is 12.2 Å². The van der Waals surface area contributed by atoms with Crippen LogP contribution in [0.4, 0.5) is 0 Å². The molecule has 14 heteroatoms. The lowest BCUT2D eigenvalue weighted by Gasteiger charge is -2.46. The van der Waals surface area contributed by atoms with Gasteiger partial charge in [0.25, 0.3) is 0 Å². The van der Waals surface area contributed by atoms with E-state index < -0.39 is 86.8 Å². The first-order valence-corrected chi connectivity index (χ1v) is 36.9. The zero-order valence-electron chi connectivity index (χ0n) is 55.6. The van der Waals surface area contributed by atoms with E-state index in [2.05, 4.69) is 19.2 Å². The van der Waals surface area contributed by atoms with Crippen molar-refractivity contribution in [1.82, 2.24) is 5.32 Å². The summed E-state index contributed by atoms with van der Waals surface area (Å²) in [6, 6.07) is -0.911. The maximum Gasteiger partial charge on any atom is 0.220 e. The molecule has 2 fully saturated rings. The second-order valence-corrected chi connectivity index (χ2v) is 26.4. The molecule has 2 rings (SSSR count). The van der Waals surface area contributed by atoms with Gasteiger partial charge in [-0.2, -0.15) is 0 Å². The topological polar surface area (TPSA) is 228 Å². The molecule has 14 nitrogen and oxygen atoms in total. The molecule has 1 amide bonds. The fraction of sp³-hybridized carbons (Fsp3) is 0.958. The number of nitrogens with one attached hydrogen (secondary N) is 1. The molecule has 0 aromatic carbocycles. The van der Waals surface area contributed by atoms with Crippen molar-refractivity contribution in [3.8, 4) is 0 Å². The Labute approximate surface area is 526 Å². The maximum absolute atomic E-state index is 13.3. The van der Waals surface area contributed by atoms with Gasteiger partial charge in [-0.1, -0.05) is 334 Å². The van der Waals surface area contributed by atoms with E-state index in [1.54, 1.807) is 6.08 Å². The first kappa shape index (κ1) is 80.8. The number of amides is 1. The lowest BCUT2D eigenvalue weighted by atomic mass is 9.97. The van der Waals surface area contributed by atoms with Gasteiger partial charge in [-0.15, -0.1) is 0 Å². The van der Waals surface area contributed by atoms with Gasteiger partial charge < -0.3 is 65.1 Å². The van der Waals surface area contributed by atoms with E-state index in [0.717, 1.165) is 44.9 Å². The Morgan fingerprint density at radius 3 is 1.07 bits per heavy atom. The van der Waals surface area contributed by atoms with E-state index in [9.17, 15) is 45.6 Å². The molecule has 0 aromatic rings. The van der Waals surface area contributed by atoms with Gasteiger partial charge in [0.2, 0.25) is 5.91 Å². The first-order valence-electron chi connectivity index (χ1n) is 36.9. The molecule has 0 saturated carbocycles. The van der Waals surface area contributed by atoms with Crippen LogP contribution in [0.2, 0.25) is 0 Å². The first-order chi connectivity index (χ1) is 42.1. The van der Waals surface area contributed by atoms with Crippen LogP contribution in [0, 0.1) is 0 Å². The third-order valence-corrected chi connectivity index (χ3v) is 18.5. The smallest absolute Gasteiger partial charge is 0.220 e. The molecule has 510 valence electrons. The largest absolute Gasteiger partial charge is 0.394 e. The van der Waals surface area contributed by atoms with Gasteiger partial charge in [0.05, 0.1) is 32.0 Å². The molecule has 0 bridgehead atoms. The Kier molecular flexibility index (Phi) is 54.1. The molecule has 0 spiro atoms. The number of aliphatic hydroxyl groups excluding tert-OH is 8. The Morgan fingerprint density at radius 1 is 0.407 bits per heavy atom. The molecular formula is C72H139NO13. The zero-order chi connectivity index (χ0) is 62.3. The summed E-state index contributed by atoms with van der Waals surface area (Å²) in [5, 5.41) is 87.5. The second kappa shape index (κ2) is 57.6. The van der Waals surface area contributed by atoms with Crippen LogP contribution in [0.1, 0.15) is 348 Å². The minimum Gasteiger partial charge on any atom is -0.394 e. The second-order valence-electron chi connectivity index (χ2n) is 26.4. The molecule has 2 aliphatic rings. The minimum atomic E-state index is -1.79. The molecule has 2 saturated heterocycles. The summed E-state index contributed by atoms with van der Waals surface area (Å²) in [5.74, 6) is -0.230. The average Bonchev–Trinajstić information content (AvgIpc) is 2.57. The fourth-order valence-corrected chi connectivity index (χ4v) is 12.6. The van der Waals surface area contributed by atoms with E-state index >= 15 is 0 Å². The summed E-state index contributed by atoms with van der Waals surface area (Å²) in [7, 11) is 0. The van der Waals surface area contributed by atoms with Crippen LogP contribution in [-0.4, -0.2) is 140 Å². The van der Waals surface area contributed by atoms with Crippen LogP contribution in [0.3, 0.4) is 0 Å². The highest BCUT2D eigenvalue weighted by Gasteiger charge is 2.51. The molecule has 2 heterocycles. The van der Waals surface area contributed by atoms with Crippen molar-refractivity contribution in [2.75, 3.05) is 19.8 Å². The van der Waals surface area contributed by atoms with Gasteiger partial charge in [-0.3, -0.25) is 4.79 Å². The van der Waals surface area contributed by atoms with Crippen molar-refractivity contribution in [2.24, 2.45) is 0 Å². The number of allylic oxidation sites excluding steroid dienone is 1. The molecule has 12 unspecified atom stereocenters. The number of carbonyl (C=O) groups excluding carboxylic acids is 1. The number of carbonyl (C=O) groups is 1. The van der Waals surface area contributed by atoms with Gasteiger partial charge in [0.15, 0.2) is 12.6 Å². The van der Waals surface area contributed by atoms with Crippen LogP contribution in [0.5, 0.6) is 0 Å². The lowest BCUT2D eigenvalue weighted by Crippen LogP contribution is -2.65. The van der Waals surface area contributed by atoms with Gasteiger partial charge in [0.1, 0.15) is 48.8 Å². The highest BCUT2D eigenvalue weighted by molar-refractivity contribution is 5.76. The van der Waals surface area contributed by atoms with E-state index in [0.29, 0.717) is 0 Å². The van der Waals surface area contributed by atoms with E-state index in [4.69, 9.17) is 18.9 Å². The number of ether oxygens (including phenoxy) is 4. The average molecular weight is 1230 g/mol. The van der Waals surface area contributed by atoms with Crippen molar-refractivity contribution in [1.29, 1.82) is 0 Å². The summed E-state index contributed by atoms with van der Waals surface area (Å²) in [5.41, 5.74) is 0. The Hall–Kier alpha value is -1.27.